The quantitative estimate of drug-likeness (QED) is 0.513. The molecule has 158 valence electrons. The number of methoxy groups -OCH3 is 1. The number of benzene rings is 2. The Bertz CT molecular complexity index is 1150. The summed E-state index contributed by atoms with van der Waals surface area (Å²) in [6.45, 7) is 2.25. The van der Waals surface area contributed by atoms with Crippen molar-refractivity contribution in [1.82, 2.24) is 19.7 Å². The van der Waals surface area contributed by atoms with Gasteiger partial charge in [-0.3, -0.25) is 0 Å². The van der Waals surface area contributed by atoms with E-state index in [0.29, 0.717) is 0 Å². The van der Waals surface area contributed by atoms with E-state index in [1.807, 2.05) is 53.3 Å². The average Bonchev–Trinajstić information content (AvgIpc) is 3.29. The summed E-state index contributed by atoms with van der Waals surface area (Å²) in [5, 5.41) is 9.06. The predicted molar refractivity (Wildman–Crippen MR) is 120 cm³/mol. The maximum absolute atomic E-state index is 5.67. The molecule has 2 aromatic heterocycles. The Kier molecular flexibility index (Phi) is 5.26. The van der Waals surface area contributed by atoms with Crippen LogP contribution in [0.5, 0.6) is 5.75 Å². The second kappa shape index (κ2) is 8.35. The summed E-state index contributed by atoms with van der Waals surface area (Å²) in [6, 6.07) is 18.4. The van der Waals surface area contributed by atoms with Crippen molar-refractivity contribution in [3.63, 3.8) is 0 Å². The lowest BCUT2D eigenvalue weighted by molar-refractivity contribution is 0.0543. The molecule has 4 aromatic rings. The van der Waals surface area contributed by atoms with Gasteiger partial charge in [-0.05, 0) is 42.7 Å². The molecule has 3 heterocycles. The van der Waals surface area contributed by atoms with Gasteiger partial charge in [-0.25, -0.2) is 14.6 Å². The molecule has 31 heavy (non-hydrogen) atoms. The van der Waals surface area contributed by atoms with Crippen LogP contribution in [0.4, 0.5) is 5.82 Å². The smallest absolute Gasteiger partial charge is 0.168 e. The molecule has 1 N–H and O–H groups in total. The zero-order valence-electron chi connectivity index (χ0n) is 17.5. The Labute approximate surface area is 181 Å². The third-order valence-corrected chi connectivity index (χ3v) is 6.11. The van der Waals surface area contributed by atoms with Crippen molar-refractivity contribution in [2.45, 2.75) is 18.3 Å². The fraction of sp³-hybridized carbons (Fsp3) is 0.292. The number of anilines is 1. The number of ether oxygens (including phenoxy) is 2. The van der Waals surface area contributed by atoms with Crippen LogP contribution in [0.2, 0.25) is 0 Å². The Morgan fingerprint density at radius 3 is 2.55 bits per heavy atom. The second-order valence-corrected chi connectivity index (χ2v) is 7.83. The van der Waals surface area contributed by atoms with Crippen LogP contribution in [-0.4, -0.2) is 46.6 Å². The summed E-state index contributed by atoms with van der Waals surface area (Å²) < 4.78 is 12.9. The van der Waals surface area contributed by atoms with E-state index in [0.717, 1.165) is 60.9 Å². The monoisotopic (exact) mass is 415 g/mol. The van der Waals surface area contributed by atoms with E-state index in [-0.39, 0.29) is 5.41 Å². The van der Waals surface area contributed by atoms with Gasteiger partial charge in [0.25, 0.3) is 0 Å². The van der Waals surface area contributed by atoms with Gasteiger partial charge >= 0.3 is 0 Å². The number of nitrogens with zero attached hydrogens (tertiary/aromatic N) is 4. The number of aromatic nitrogens is 4. The van der Waals surface area contributed by atoms with Crippen molar-refractivity contribution in [2.75, 3.05) is 32.2 Å². The van der Waals surface area contributed by atoms with Crippen molar-refractivity contribution in [3.8, 4) is 11.4 Å². The summed E-state index contributed by atoms with van der Waals surface area (Å²) in [4.78, 5) is 9.01. The maximum atomic E-state index is 5.67. The molecule has 0 unspecified atom stereocenters. The Hall–Kier alpha value is -3.45. The zero-order chi connectivity index (χ0) is 21.1. The molecule has 7 heteroatoms. The van der Waals surface area contributed by atoms with Crippen molar-refractivity contribution in [2.24, 2.45) is 0 Å². The number of hydrogen-bond donors (Lipinski definition) is 1. The van der Waals surface area contributed by atoms with E-state index in [1.165, 1.54) is 5.56 Å². The van der Waals surface area contributed by atoms with Gasteiger partial charge in [-0.2, -0.15) is 5.10 Å². The van der Waals surface area contributed by atoms with Gasteiger partial charge in [0, 0.05) is 25.2 Å². The molecular weight excluding hydrogens is 390 g/mol. The third-order valence-electron chi connectivity index (χ3n) is 6.11. The normalized spacial score (nSPS) is 15.6. The van der Waals surface area contributed by atoms with Crippen LogP contribution < -0.4 is 10.1 Å². The molecule has 0 aliphatic carbocycles. The van der Waals surface area contributed by atoms with E-state index >= 15 is 0 Å². The highest BCUT2D eigenvalue weighted by molar-refractivity contribution is 5.87. The van der Waals surface area contributed by atoms with E-state index in [1.54, 1.807) is 13.4 Å². The van der Waals surface area contributed by atoms with Crippen LogP contribution in [0.3, 0.4) is 0 Å². The van der Waals surface area contributed by atoms with Crippen LogP contribution in [0.15, 0.2) is 67.1 Å². The van der Waals surface area contributed by atoms with Gasteiger partial charge in [-0.15, -0.1) is 0 Å². The number of rotatable bonds is 6. The van der Waals surface area contributed by atoms with Crippen molar-refractivity contribution in [3.05, 3.63) is 72.7 Å². The van der Waals surface area contributed by atoms with Gasteiger partial charge in [0.1, 0.15) is 17.9 Å². The second-order valence-electron chi connectivity index (χ2n) is 7.83. The van der Waals surface area contributed by atoms with Gasteiger partial charge in [0.05, 0.1) is 24.4 Å². The Balaban J connectivity index is 1.45. The van der Waals surface area contributed by atoms with Crippen LogP contribution >= 0.6 is 0 Å². The molecule has 1 aliphatic heterocycles. The number of hydrogen-bond acceptors (Lipinski definition) is 6. The summed E-state index contributed by atoms with van der Waals surface area (Å²) in [7, 11) is 1.69. The van der Waals surface area contributed by atoms with E-state index in [4.69, 9.17) is 9.47 Å². The highest BCUT2D eigenvalue weighted by atomic mass is 16.5. The Morgan fingerprint density at radius 2 is 1.81 bits per heavy atom. The molecule has 0 saturated carbocycles. The molecule has 0 atom stereocenters. The average molecular weight is 415 g/mol. The van der Waals surface area contributed by atoms with Crippen LogP contribution in [0, 0.1) is 0 Å². The summed E-state index contributed by atoms with van der Waals surface area (Å²) >= 11 is 0. The summed E-state index contributed by atoms with van der Waals surface area (Å²) in [5.74, 6) is 1.66. The topological polar surface area (TPSA) is 74.1 Å². The van der Waals surface area contributed by atoms with Gasteiger partial charge in [-0.1, -0.05) is 30.3 Å². The van der Waals surface area contributed by atoms with E-state index in [2.05, 4.69) is 32.5 Å². The summed E-state index contributed by atoms with van der Waals surface area (Å²) in [6.07, 6.45) is 5.32. The van der Waals surface area contributed by atoms with Gasteiger partial charge in [0.15, 0.2) is 5.65 Å². The zero-order valence-corrected chi connectivity index (χ0v) is 17.5. The molecular formula is C24H25N5O2. The SMILES string of the molecule is COc1ccc(C2(CNc3ncnc4c3cnn4-c3ccccc3)CCOCC2)cc1. The summed E-state index contributed by atoms with van der Waals surface area (Å²) in [5.41, 5.74) is 3.02. The van der Waals surface area contributed by atoms with E-state index in [9.17, 15) is 0 Å². The first-order valence-corrected chi connectivity index (χ1v) is 10.5. The number of fused-ring (bicyclic) bond motifs is 1. The van der Waals surface area contributed by atoms with Crippen LogP contribution in [0.1, 0.15) is 18.4 Å². The molecule has 0 radical (unpaired) electrons. The lowest BCUT2D eigenvalue weighted by Gasteiger charge is -2.38. The fourth-order valence-electron chi connectivity index (χ4n) is 4.27. The minimum absolute atomic E-state index is 0.0305. The lowest BCUT2D eigenvalue weighted by atomic mass is 9.74. The first-order valence-electron chi connectivity index (χ1n) is 10.5. The lowest BCUT2D eigenvalue weighted by Crippen LogP contribution is -2.40. The first-order chi connectivity index (χ1) is 15.3. The first kappa shape index (κ1) is 19.5. The van der Waals surface area contributed by atoms with Crippen molar-refractivity contribution < 1.29 is 9.47 Å². The minimum atomic E-state index is -0.0305. The minimum Gasteiger partial charge on any atom is -0.497 e. The molecule has 1 fully saturated rings. The van der Waals surface area contributed by atoms with Crippen molar-refractivity contribution in [1.29, 1.82) is 0 Å². The number of para-hydroxylation sites is 1. The molecule has 1 saturated heterocycles. The highest BCUT2D eigenvalue weighted by Gasteiger charge is 2.34. The van der Waals surface area contributed by atoms with Crippen molar-refractivity contribution >= 4 is 16.9 Å². The molecule has 5 rings (SSSR count). The van der Waals surface area contributed by atoms with Crippen LogP contribution in [-0.2, 0) is 10.2 Å². The number of nitrogens with one attached hydrogen (secondary N) is 1. The largest absolute Gasteiger partial charge is 0.497 e. The fourth-order valence-corrected chi connectivity index (χ4v) is 4.27. The van der Waals surface area contributed by atoms with Crippen LogP contribution in [0.25, 0.3) is 16.7 Å². The van der Waals surface area contributed by atoms with Gasteiger partial charge in [0.2, 0.25) is 0 Å². The standard InChI is InChI=1S/C24H25N5O2/c1-30-20-9-7-18(8-10-20)24(11-13-31-14-12-24)16-25-22-21-15-28-29(23(21)27-17-26-22)19-5-3-2-4-6-19/h2-10,15,17H,11-14,16H2,1H3,(H,25,26,27). The highest BCUT2D eigenvalue weighted by Crippen LogP contribution is 2.36. The molecule has 0 amide bonds. The Morgan fingerprint density at radius 1 is 1.03 bits per heavy atom. The molecule has 0 spiro atoms. The molecule has 7 nitrogen and oxygen atoms in total. The molecule has 2 aromatic carbocycles. The van der Waals surface area contributed by atoms with E-state index < -0.39 is 0 Å². The van der Waals surface area contributed by atoms with Gasteiger partial charge < -0.3 is 14.8 Å². The molecule has 0 bridgehead atoms. The predicted octanol–water partition coefficient (Wildman–Crippen LogP) is 3.98. The maximum Gasteiger partial charge on any atom is 0.168 e. The third kappa shape index (κ3) is 3.72. The molecule has 1 aliphatic rings.